The molecule has 10 heteroatoms. The molecule has 0 bridgehead atoms. The fraction of sp³-hybridized carbons (Fsp3) is 0. The highest BCUT2D eigenvalue weighted by Crippen LogP contribution is 2.53. The van der Waals surface area contributed by atoms with E-state index in [1.54, 1.807) is 0 Å². The van der Waals surface area contributed by atoms with Crippen LogP contribution in [0.3, 0.4) is 0 Å². The molecule has 0 amide bonds. The molecule has 0 aliphatic rings. The topological polar surface area (TPSA) is 141 Å². The van der Waals surface area contributed by atoms with Crippen molar-refractivity contribution in [1.82, 2.24) is 0 Å². The molecule has 0 aromatic heterocycles. The zero-order valence-electron chi connectivity index (χ0n) is 5.02. The molecule has 0 aliphatic heterocycles. The highest BCUT2D eigenvalue weighted by molar-refractivity contribution is 7.60. The summed E-state index contributed by atoms with van der Waals surface area (Å²) in [5, 5.41) is 0. The summed E-state index contributed by atoms with van der Waals surface area (Å²) < 4.78 is 22.2. The van der Waals surface area contributed by atoms with E-state index in [0.29, 0.717) is 0 Å². The average Bonchev–Trinajstić information content (AvgIpc) is 1.60. The minimum atomic E-state index is -5.05. The van der Waals surface area contributed by atoms with Crippen molar-refractivity contribution in [2.45, 2.75) is 0 Å². The Kier molecular flexibility index (Phi) is 5.82. The fourth-order valence-electron chi connectivity index (χ4n) is 0.139. The van der Waals surface area contributed by atoms with Gasteiger partial charge in [-0.1, -0.05) is 0 Å². The Bertz CT molecular complexity index is 164. The normalized spacial score (nSPS) is 11.6. The molecule has 11 heavy (non-hydrogen) atoms. The van der Waals surface area contributed by atoms with Gasteiger partial charge in [0.1, 0.15) is 6.79 Å². The predicted molar refractivity (Wildman–Crippen MR) is 32.3 cm³/mol. The summed E-state index contributed by atoms with van der Waals surface area (Å²) in [6, 6.07) is 0. The maximum atomic E-state index is 9.63. The van der Waals surface area contributed by atoms with Gasteiger partial charge in [0.25, 0.3) is 0 Å². The second-order valence-electron chi connectivity index (χ2n) is 1.06. The van der Waals surface area contributed by atoms with Crippen molar-refractivity contribution in [3.63, 3.8) is 0 Å². The lowest BCUT2D eigenvalue weighted by Gasteiger charge is -2.03. The summed E-state index contributed by atoms with van der Waals surface area (Å²) in [5.74, 6) is 0. The van der Waals surface area contributed by atoms with E-state index in [2.05, 4.69) is 4.31 Å². The summed E-state index contributed by atoms with van der Waals surface area (Å²) in [6.07, 6.45) is 0. The number of hydrogen-bond donors (Lipinski definition) is 4. The SMILES string of the molecule is C=O.O=P(O)(O)OP(=O)(O)O. The second kappa shape index (κ2) is 4.74. The van der Waals surface area contributed by atoms with Crippen LogP contribution in [0.1, 0.15) is 0 Å². The Hall–Kier alpha value is -0.0700. The molecule has 0 saturated heterocycles. The van der Waals surface area contributed by atoms with Crippen LogP contribution in [0.4, 0.5) is 0 Å². The molecule has 0 saturated carbocycles. The van der Waals surface area contributed by atoms with Crippen molar-refractivity contribution < 1.29 is 37.8 Å². The van der Waals surface area contributed by atoms with Crippen LogP contribution in [-0.2, 0) is 18.2 Å². The monoisotopic (exact) mass is 208 g/mol. The molecular formula is CH6O8P2. The van der Waals surface area contributed by atoms with Crippen molar-refractivity contribution in [1.29, 1.82) is 0 Å². The van der Waals surface area contributed by atoms with Gasteiger partial charge < -0.3 is 24.4 Å². The Labute approximate surface area is 61.3 Å². The Morgan fingerprint density at radius 2 is 1.09 bits per heavy atom. The molecule has 0 aromatic rings. The van der Waals surface area contributed by atoms with Gasteiger partial charge in [0, 0.05) is 0 Å². The van der Waals surface area contributed by atoms with Gasteiger partial charge in [-0.15, -0.1) is 0 Å². The van der Waals surface area contributed by atoms with E-state index in [4.69, 9.17) is 24.4 Å². The van der Waals surface area contributed by atoms with E-state index in [0.717, 1.165) is 0 Å². The molecule has 0 heterocycles. The third kappa shape index (κ3) is 17.8. The van der Waals surface area contributed by atoms with E-state index in [1.165, 1.54) is 0 Å². The lowest BCUT2D eigenvalue weighted by Crippen LogP contribution is -1.84. The van der Waals surface area contributed by atoms with Crippen molar-refractivity contribution in [3.8, 4) is 0 Å². The van der Waals surface area contributed by atoms with Gasteiger partial charge in [-0.3, -0.25) is 0 Å². The summed E-state index contributed by atoms with van der Waals surface area (Å²) >= 11 is 0. The van der Waals surface area contributed by atoms with E-state index in [-0.39, 0.29) is 0 Å². The van der Waals surface area contributed by atoms with Gasteiger partial charge in [-0.05, 0) is 0 Å². The maximum absolute atomic E-state index is 9.63. The van der Waals surface area contributed by atoms with Crippen molar-refractivity contribution >= 4 is 22.4 Å². The highest BCUT2D eigenvalue weighted by Gasteiger charge is 2.27. The molecule has 0 fully saturated rings. The fourth-order valence-corrected chi connectivity index (χ4v) is 1.25. The van der Waals surface area contributed by atoms with Crippen molar-refractivity contribution in [2.24, 2.45) is 0 Å². The minimum Gasteiger partial charge on any atom is -0.307 e. The summed E-state index contributed by atoms with van der Waals surface area (Å²) in [7, 11) is -10.1. The van der Waals surface area contributed by atoms with E-state index < -0.39 is 15.6 Å². The third-order valence-corrected chi connectivity index (χ3v) is 1.91. The number of phosphoric acid groups is 2. The quantitative estimate of drug-likeness (QED) is 0.423. The molecule has 4 N–H and O–H groups in total. The van der Waals surface area contributed by atoms with Gasteiger partial charge in [-0.2, -0.15) is 4.31 Å². The Balaban J connectivity index is 0. The first-order valence-electron chi connectivity index (χ1n) is 1.82. The largest absolute Gasteiger partial charge is 0.478 e. The van der Waals surface area contributed by atoms with E-state index in [1.807, 2.05) is 6.79 Å². The maximum Gasteiger partial charge on any atom is 0.478 e. The van der Waals surface area contributed by atoms with E-state index >= 15 is 0 Å². The average molecular weight is 208 g/mol. The third-order valence-electron chi connectivity index (χ3n) is 0.213. The second-order valence-corrected chi connectivity index (χ2v) is 3.68. The Morgan fingerprint density at radius 3 is 1.09 bits per heavy atom. The molecule has 0 aliphatic carbocycles. The van der Waals surface area contributed by atoms with Crippen LogP contribution in [0.5, 0.6) is 0 Å². The Morgan fingerprint density at radius 1 is 0.909 bits per heavy atom. The first kappa shape index (κ1) is 13.5. The molecule has 0 unspecified atom stereocenters. The van der Waals surface area contributed by atoms with E-state index in [9.17, 15) is 9.13 Å². The molecule has 0 spiro atoms. The number of rotatable bonds is 2. The standard InChI is InChI=1S/CH2O.H4O7P2/c1-2;1-8(2,3)7-9(4,5)6/h1H2;(H2,1,2,3)(H2,4,5,6). The molecule has 68 valence electrons. The molecular weight excluding hydrogens is 202 g/mol. The number of carbonyl (C=O) groups excluding carboxylic acids is 1. The van der Waals surface area contributed by atoms with Crippen LogP contribution in [0.15, 0.2) is 0 Å². The van der Waals surface area contributed by atoms with Crippen LogP contribution in [0, 0.1) is 0 Å². The lowest BCUT2D eigenvalue weighted by atomic mass is 11.9. The van der Waals surface area contributed by atoms with Crippen molar-refractivity contribution in [2.75, 3.05) is 0 Å². The molecule has 0 aromatic carbocycles. The predicted octanol–water partition coefficient (Wildman–Crippen LogP) is -0.997. The summed E-state index contributed by atoms with van der Waals surface area (Å²) in [4.78, 5) is 39.0. The zero-order chi connectivity index (χ0) is 9.71. The summed E-state index contributed by atoms with van der Waals surface area (Å²) in [6.45, 7) is 2.00. The number of carbonyl (C=O) groups is 1. The zero-order valence-corrected chi connectivity index (χ0v) is 6.81. The van der Waals surface area contributed by atoms with Crippen molar-refractivity contribution in [3.05, 3.63) is 0 Å². The smallest absolute Gasteiger partial charge is 0.307 e. The lowest BCUT2D eigenvalue weighted by molar-refractivity contribution is -0.0980. The first-order chi connectivity index (χ1) is 4.71. The minimum absolute atomic E-state index is 2.00. The molecule has 0 rings (SSSR count). The highest BCUT2D eigenvalue weighted by atomic mass is 31.3. The van der Waals surface area contributed by atoms with Crippen LogP contribution in [-0.4, -0.2) is 26.4 Å². The van der Waals surface area contributed by atoms with Crippen LogP contribution < -0.4 is 0 Å². The van der Waals surface area contributed by atoms with Gasteiger partial charge in [0.15, 0.2) is 0 Å². The number of hydrogen-bond acceptors (Lipinski definition) is 4. The van der Waals surface area contributed by atoms with Gasteiger partial charge in [-0.25, -0.2) is 9.13 Å². The first-order valence-corrected chi connectivity index (χ1v) is 4.88. The molecule has 0 atom stereocenters. The van der Waals surface area contributed by atoms with Crippen LogP contribution >= 0.6 is 15.6 Å². The van der Waals surface area contributed by atoms with Crippen LogP contribution in [0.2, 0.25) is 0 Å². The van der Waals surface area contributed by atoms with Gasteiger partial charge >= 0.3 is 15.6 Å². The summed E-state index contributed by atoms with van der Waals surface area (Å²) in [5.41, 5.74) is 0. The van der Waals surface area contributed by atoms with Crippen LogP contribution in [0.25, 0.3) is 0 Å². The molecule has 0 radical (unpaired) electrons. The van der Waals surface area contributed by atoms with Gasteiger partial charge in [0.2, 0.25) is 0 Å². The molecule has 8 nitrogen and oxygen atoms in total. The van der Waals surface area contributed by atoms with Gasteiger partial charge in [0.05, 0.1) is 0 Å².